The van der Waals surface area contributed by atoms with E-state index in [2.05, 4.69) is 19.2 Å². The minimum atomic E-state index is -0.0991. The third-order valence-electron chi connectivity index (χ3n) is 4.47. The molecule has 2 aliphatic carbocycles. The minimum absolute atomic E-state index is 0.0291. The van der Waals surface area contributed by atoms with Gasteiger partial charge in [-0.05, 0) is 63.7 Å². The van der Waals surface area contributed by atoms with Crippen LogP contribution in [0.25, 0.3) is 0 Å². The summed E-state index contributed by atoms with van der Waals surface area (Å²) in [6, 6.07) is 0. The number of carbonyl (C=O) groups is 2. The SMILES string of the molecule is CC(=O)CC(=O)NC1(C)CC2CC(C)CC(C2)C1. The largest absolute Gasteiger partial charge is 0.351 e. The monoisotopic (exact) mass is 251 g/mol. The maximum Gasteiger partial charge on any atom is 0.227 e. The van der Waals surface area contributed by atoms with E-state index in [1.807, 2.05) is 0 Å². The summed E-state index contributed by atoms with van der Waals surface area (Å²) in [4.78, 5) is 22.8. The summed E-state index contributed by atoms with van der Waals surface area (Å²) in [7, 11) is 0. The number of hydrogen-bond donors (Lipinski definition) is 1. The van der Waals surface area contributed by atoms with Crippen molar-refractivity contribution in [1.29, 1.82) is 0 Å². The zero-order chi connectivity index (χ0) is 13.3. The van der Waals surface area contributed by atoms with E-state index in [1.165, 1.54) is 26.2 Å². The first-order valence-electron chi connectivity index (χ1n) is 7.17. The number of carbonyl (C=O) groups excluding carboxylic acids is 2. The third-order valence-corrected chi connectivity index (χ3v) is 4.47. The summed E-state index contributed by atoms with van der Waals surface area (Å²) < 4.78 is 0. The fraction of sp³-hybridized carbons (Fsp3) is 0.867. The fourth-order valence-corrected chi connectivity index (χ4v) is 4.30. The van der Waals surface area contributed by atoms with Crippen molar-refractivity contribution in [2.24, 2.45) is 17.8 Å². The average molecular weight is 251 g/mol. The molecule has 0 aromatic carbocycles. The lowest BCUT2D eigenvalue weighted by atomic mass is 9.62. The Kier molecular flexibility index (Phi) is 3.79. The van der Waals surface area contributed by atoms with Crippen LogP contribution < -0.4 is 5.32 Å². The van der Waals surface area contributed by atoms with Gasteiger partial charge in [0, 0.05) is 5.54 Å². The Bertz CT molecular complexity index is 332. The molecule has 2 atom stereocenters. The van der Waals surface area contributed by atoms with Crippen LogP contribution in [-0.2, 0) is 9.59 Å². The van der Waals surface area contributed by atoms with E-state index in [1.54, 1.807) is 0 Å². The maximum atomic E-state index is 11.8. The van der Waals surface area contributed by atoms with Crippen molar-refractivity contribution in [3.63, 3.8) is 0 Å². The van der Waals surface area contributed by atoms with E-state index in [4.69, 9.17) is 0 Å². The molecule has 0 aromatic heterocycles. The highest BCUT2D eigenvalue weighted by molar-refractivity contribution is 5.97. The summed E-state index contributed by atoms with van der Waals surface area (Å²) in [6.07, 6.45) is 6.13. The van der Waals surface area contributed by atoms with Crippen LogP contribution in [0.5, 0.6) is 0 Å². The molecule has 102 valence electrons. The molecule has 3 nitrogen and oxygen atoms in total. The Morgan fingerprint density at radius 2 is 1.72 bits per heavy atom. The first-order chi connectivity index (χ1) is 8.36. The molecule has 1 N–H and O–H groups in total. The van der Waals surface area contributed by atoms with Gasteiger partial charge in [-0.25, -0.2) is 0 Å². The predicted octanol–water partition coefficient (Wildman–Crippen LogP) is 2.69. The number of rotatable bonds is 3. The van der Waals surface area contributed by atoms with Gasteiger partial charge < -0.3 is 5.32 Å². The molecule has 2 aliphatic rings. The van der Waals surface area contributed by atoms with E-state index < -0.39 is 0 Å². The van der Waals surface area contributed by atoms with Crippen LogP contribution in [0, 0.1) is 17.8 Å². The molecule has 0 aliphatic heterocycles. The van der Waals surface area contributed by atoms with Crippen LogP contribution in [0.3, 0.4) is 0 Å². The van der Waals surface area contributed by atoms with Crippen molar-refractivity contribution in [3.05, 3.63) is 0 Å². The van der Waals surface area contributed by atoms with Gasteiger partial charge in [0.2, 0.25) is 5.91 Å². The standard InChI is InChI=1S/C15H25NO2/c1-10-4-12-7-13(5-10)9-15(3,8-12)16-14(18)6-11(2)17/h10,12-13H,4-9H2,1-3H3,(H,16,18). The van der Waals surface area contributed by atoms with E-state index in [9.17, 15) is 9.59 Å². The second kappa shape index (κ2) is 5.02. The highest BCUT2D eigenvalue weighted by atomic mass is 16.2. The Morgan fingerprint density at radius 1 is 1.17 bits per heavy atom. The van der Waals surface area contributed by atoms with Gasteiger partial charge in [-0.3, -0.25) is 9.59 Å². The Hall–Kier alpha value is -0.860. The van der Waals surface area contributed by atoms with Crippen molar-refractivity contribution >= 4 is 11.7 Å². The van der Waals surface area contributed by atoms with Gasteiger partial charge in [-0.2, -0.15) is 0 Å². The lowest BCUT2D eigenvalue weighted by Crippen LogP contribution is -2.52. The van der Waals surface area contributed by atoms with Crippen LogP contribution in [0.15, 0.2) is 0 Å². The number of Topliss-reactive ketones (excluding diaryl/α,β-unsaturated/α-hetero) is 1. The Morgan fingerprint density at radius 3 is 2.22 bits per heavy atom. The second-order valence-electron chi connectivity index (χ2n) is 6.94. The molecule has 0 radical (unpaired) electrons. The van der Waals surface area contributed by atoms with Crippen LogP contribution in [0.2, 0.25) is 0 Å². The first kappa shape index (κ1) is 13.6. The van der Waals surface area contributed by atoms with E-state index in [-0.39, 0.29) is 23.7 Å². The zero-order valence-electron chi connectivity index (χ0n) is 11.8. The maximum absolute atomic E-state index is 11.8. The van der Waals surface area contributed by atoms with Gasteiger partial charge in [0.05, 0.1) is 6.42 Å². The third kappa shape index (κ3) is 3.33. The van der Waals surface area contributed by atoms with Crippen molar-refractivity contribution in [2.75, 3.05) is 0 Å². The molecule has 0 spiro atoms. The van der Waals surface area contributed by atoms with Crippen LogP contribution in [0.1, 0.15) is 59.3 Å². The Balaban J connectivity index is 1.96. The van der Waals surface area contributed by atoms with Gasteiger partial charge in [0.1, 0.15) is 5.78 Å². The van der Waals surface area contributed by atoms with Crippen molar-refractivity contribution in [2.45, 2.75) is 64.8 Å². The highest BCUT2D eigenvalue weighted by Gasteiger charge is 2.41. The average Bonchev–Trinajstić information content (AvgIpc) is 2.10. The molecule has 0 saturated heterocycles. The summed E-state index contributed by atoms with van der Waals surface area (Å²) in [5, 5.41) is 3.11. The zero-order valence-corrected chi connectivity index (χ0v) is 11.8. The minimum Gasteiger partial charge on any atom is -0.351 e. The quantitative estimate of drug-likeness (QED) is 0.784. The summed E-state index contributed by atoms with van der Waals surface area (Å²) >= 11 is 0. The van der Waals surface area contributed by atoms with E-state index >= 15 is 0 Å². The summed E-state index contributed by atoms with van der Waals surface area (Å²) in [5.74, 6) is 2.20. The van der Waals surface area contributed by atoms with E-state index in [0.29, 0.717) is 0 Å². The summed E-state index contributed by atoms with van der Waals surface area (Å²) in [6.45, 7) is 5.97. The number of hydrogen-bond acceptors (Lipinski definition) is 2. The van der Waals surface area contributed by atoms with Gasteiger partial charge in [0.15, 0.2) is 0 Å². The molecule has 2 unspecified atom stereocenters. The van der Waals surface area contributed by atoms with Gasteiger partial charge in [-0.1, -0.05) is 6.92 Å². The predicted molar refractivity (Wildman–Crippen MR) is 71.1 cm³/mol. The fourth-order valence-electron chi connectivity index (χ4n) is 4.30. The van der Waals surface area contributed by atoms with E-state index in [0.717, 1.165) is 30.6 Å². The lowest BCUT2D eigenvalue weighted by Gasteiger charge is -2.47. The topological polar surface area (TPSA) is 46.2 Å². The van der Waals surface area contributed by atoms with Gasteiger partial charge in [0.25, 0.3) is 0 Å². The van der Waals surface area contributed by atoms with Gasteiger partial charge >= 0.3 is 0 Å². The molecule has 2 saturated carbocycles. The van der Waals surface area contributed by atoms with Crippen molar-refractivity contribution in [3.8, 4) is 0 Å². The molecular weight excluding hydrogens is 226 g/mol. The molecule has 18 heavy (non-hydrogen) atoms. The molecule has 3 heteroatoms. The molecule has 2 fully saturated rings. The molecule has 0 aromatic rings. The Labute approximate surface area is 110 Å². The molecular formula is C15H25NO2. The molecule has 0 heterocycles. The van der Waals surface area contributed by atoms with Crippen LogP contribution in [0.4, 0.5) is 0 Å². The van der Waals surface area contributed by atoms with Crippen LogP contribution in [-0.4, -0.2) is 17.2 Å². The number of nitrogens with one attached hydrogen (secondary N) is 1. The number of amides is 1. The number of fused-ring (bicyclic) bond motifs is 2. The first-order valence-corrected chi connectivity index (χ1v) is 7.17. The molecule has 1 amide bonds. The normalized spacial score (nSPS) is 39.2. The van der Waals surface area contributed by atoms with Crippen molar-refractivity contribution in [1.82, 2.24) is 5.32 Å². The lowest BCUT2D eigenvalue weighted by molar-refractivity contribution is -0.129. The molecule has 2 bridgehead atoms. The second-order valence-corrected chi connectivity index (χ2v) is 6.94. The summed E-state index contributed by atoms with van der Waals surface area (Å²) in [5.41, 5.74) is -0.0831. The smallest absolute Gasteiger partial charge is 0.227 e. The molecule has 2 rings (SSSR count). The van der Waals surface area contributed by atoms with Crippen LogP contribution >= 0.6 is 0 Å². The number of ketones is 1. The van der Waals surface area contributed by atoms with Gasteiger partial charge in [-0.15, -0.1) is 0 Å². The van der Waals surface area contributed by atoms with Crippen molar-refractivity contribution < 1.29 is 9.59 Å². The highest BCUT2D eigenvalue weighted by Crippen LogP contribution is 2.46.